The second-order valence-electron chi connectivity index (χ2n) is 6.73. The van der Waals surface area contributed by atoms with E-state index in [-0.39, 0.29) is 17.9 Å². The van der Waals surface area contributed by atoms with Gasteiger partial charge in [0, 0.05) is 31.7 Å². The van der Waals surface area contributed by atoms with Crippen LogP contribution in [0.3, 0.4) is 0 Å². The molecule has 148 valence electrons. The topological polar surface area (TPSA) is 71.5 Å². The maximum atomic E-state index is 12.4. The largest absolute Gasteiger partial charge is 0.492 e. The number of hydrogen-bond donors (Lipinski definition) is 1. The van der Waals surface area contributed by atoms with Gasteiger partial charge in [-0.05, 0) is 43.5 Å². The summed E-state index contributed by atoms with van der Waals surface area (Å²) in [7, 11) is 0. The molecule has 0 aliphatic carbocycles. The molecule has 0 spiro atoms. The predicted molar refractivity (Wildman–Crippen MR) is 107 cm³/mol. The number of piperidine rings is 1. The lowest BCUT2D eigenvalue weighted by molar-refractivity contribution is -0.122. The van der Waals surface area contributed by atoms with Gasteiger partial charge in [0.05, 0.1) is 11.6 Å². The van der Waals surface area contributed by atoms with Gasteiger partial charge >= 0.3 is 0 Å². The van der Waals surface area contributed by atoms with Gasteiger partial charge in [0.15, 0.2) is 0 Å². The first kappa shape index (κ1) is 20.1. The van der Waals surface area contributed by atoms with Crippen molar-refractivity contribution in [3.63, 3.8) is 0 Å². The number of ether oxygens (including phenoxy) is 1. The zero-order valence-electron chi connectivity index (χ0n) is 15.6. The lowest BCUT2D eigenvalue weighted by atomic mass is 10.0. The second kappa shape index (κ2) is 10.1. The third-order valence-electron chi connectivity index (χ3n) is 4.67. The standard InChI is InChI=1S/C21H24ClN3O3/c22-17-6-1-2-8-19(17)28-15-5-9-20(26)24-16-10-13-25(14-11-16)21(27)18-7-3-4-12-23-18/h1-4,6-8,12,16H,5,9-11,13-15H2,(H,24,26). The number of nitrogens with one attached hydrogen (secondary N) is 1. The molecule has 2 aromatic rings. The number of likely N-dealkylation sites (tertiary alicyclic amines) is 1. The summed E-state index contributed by atoms with van der Waals surface area (Å²) in [5, 5.41) is 3.62. The number of pyridine rings is 1. The van der Waals surface area contributed by atoms with Crippen molar-refractivity contribution in [3.05, 3.63) is 59.4 Å². The van der Waals surface area contributed by atoms with E-state index in [0.29, 0.717) is 49.0 Å². The smallest absolute Gasteiger partial charge is 0.272 e. The maximum Gasteiger partial charge on any atom is 0.272 e. The van der Waals surface area contributed by atoms with Gasteiger partial charge in [-0.3, -0.25) is 14.6 Å². The number of rotatable bonds is 7. The SMILES string of the molecule is O=C(CCCOc1ccccc1Cl)NC1CCN(C(=O)c2ccccn2)CC1. The van der Waals surface area contributed by atoms with Gasteiger partial charge in [-0.2, -0.15) is 0 Å². The number of halogens is 1. The number of benzene rings is 1. The summed E-state index contributed by atoms with van der Waals surface area (Å²) in [4.78, 5) is 30.4. The van der Waals surface area contributed by atoms with E-state index in [1.165, 1.54) is 0 Å². The highest BCUT2D eigenvalue weighted by Crippen LogP contribution is 2.23. The summed E-state index contributed by atoms with van der Waals surface area (Å²) in [6.07, 6.45) is 4.14. The Morgan fingerprint density at radius 1 is 1.14 bits per heavy atom. The molecule has 2 amide bonds. The number of aromatic nitrogens is 1. The number of carbonyl (C=O) groups excluding carboxylic acids is 2. The molecule has 0 unspecified atom stereocenters. The monoisotopic (exact) mass is 401 g/mol. The zero-order valence-corrected chi connectivity index (χ0v) is 16.4. The van der Waals surface area contributed by atoms with Gasteiger partial charge in [0.25, 0.3) is 5.91 Å². The Morgan fingerprint density at radius 2 is 1.89 bits per heavy atom. The van der Waals surface area contributed by atoms with Crippen LogP contribution in [-0.2, 0) is 4.79 Å². The van der Waals surface area contributed by atoms with Crippen molar-refractivity contribution in [2.45, 2.75) is 31.7 Å². The van der Waals surface area contributed by atoms with Crippen LogP contribution in [-0.4, -0.2) is 47.4 Å². The number of amides is 2. The van der Waals surface area contributed by atoms with Crippen LogP contribution >= 0.6 is 11.6 Å². The fourth-order valence-electron chi connectivity index (χ4n) is 3.15. The normalized spacial score (nSPS) is 14.5. The Bertz CT molecular complexity index is 792. The summed E-state index contributed by atoms with van der Waals surface area (Å²) < 4.78 is 5.60. The van der Waals surface area contributed by atoms with Gasteiger partial charge in [-0.1, -0.05) is 29.8 Å². The molecule has 0 saturated carbocycles. The van der Waals surface area contributed by atoms with E-state index in [9.17, 15) is 9.59 Å². The highest BCUT2D eigenvalue weighted by molar-refractivity contribution is 6.32. The van der Waals surface area contributed by atoms with E-state index in [0.717, 1.165) is 12.8 Å². The first-order chi connectivity index (χ1) is 13.6. The first-order valence-electron chi connectivity index (χ1n) is 9.50. The average molecular weight is 402 g/mol. The van der Waals surface area contributed by atoms with Crippen molar-refractivity contribution >= 4 is 23.4 Å². The maximum absolute atomic E-state index is 12.4. The van der Waals surface area contributed by atoms with Gasteiger partial charge in [0.2, 0.25) is 5.91 Å². The summed E-state index contributed by atoms with van der Waals surface area (Å²) in [5.74, 6) is 0.592. The molecule has 2 heterocycles. The van der Waals surface area contributed by atoms with E-state index in [4.69, 9.17) is 16.3 Å². The molecule has 1 aliphatic heterocycles. The Hall–Kier alpha value is -2.60. The number of hydrogen-bond acceptors (Lipinski definition) is 4. The quantitative estimate of drug-likeness (QED) is 0.722. The van der Waals surface area contributed by atoms with Crippen LogP contribution < -0.4 is 10.1 Å². The predicted octanol–water partition coefficient (Wildman–Crippen LogP) is 3.32. The molecule has 0 atom stereocenters. The van der Waals surface area contributed by atoms with E-state index >= 15 is 0 Å². The van der Waals surface area contributed by atoms with Crippen LogP contribution in [0.4, 0.5) is 0 Å². The first-order valence-corrected chi connectivity index (χ1v) is 9.88. The molecule has 1 aliphatic rings. The third-order valence-corrected chi connectivity index (χ3v) is 4.99. The Morgan fingerprint density at radius 3 is 2.61 bits per heavy atom. The van der Waals surface area contributed by atoms with Crippen LogP contribution in [0.25, 0.3) is 0 Å². The Labute approximate surface area is 169 Å². The van der Waals surface area contributed by atoms with Crippen LogP contribution in [0.5, 0.6) is 5.75 Å². The van der Waals surface area contributed by atoms with Crippen LogP contribution in [0.2, 0.25) is 5.02 Å². The molecule has 6 nitrogen and oxygen atoms in total. The van der Waals surface area contributed by atoms with E-state index in [1.54, 1.807) is 29.3 Å². The minimum absolute atomic E-state index is 0.0114. The molecule has 0 bridgehead atoms. The molecule has 28 heavy (non-hydrogen) atoms. The minimum atomic E-state index is -0.0536. The summed E-state index contributed by atoms with van der Waals surface area (Å²) >= 11 is 6.03. The Balaban J connectivity index is 1.34. The van der Waals surface area contributed by atoms with Crippen molar-refractivity contribution in [3.8, 4) is 5.75 Å². The van der Waals surface area contributed by atoms with Gasteiger partial charge in [-0.25, -0.2) is 0 Å². The average Bonchev–Trinajstić information content (AvgIpc) is 2.73. The number of carbonyl (C=O) groups is 2. The summed E-state index contributed by atoms with van der Waals surface area (Å²) in [6, 6.07) is 12.7. The number of nitrogens with zero attached hydrogens (tertiary/aromatic N) is 2. The minimum Gasteiger partial charge on any atom is -0.492 e. The summed E-state index contributed by atoms with van der Waals surface area (Å²) in [5.41, 5.74) is 0.462. The van der Waals surface area contributed by atoms with Crippen molar-refractivity contribution in [1.29, 1.82) is 0 Å². The molecule has 1 saturated heterocycles. The number of para-hydroxylation sites is 1. The molecule has 1 N–H and O–H groups in total. The van der Waals surface area contributed by atoms with Crippen molar-refractivity contribution < 1.29 is 14.3 Å². The van der Waals surface area contributed by atoms with Gasteiger partial charge in [0.1, 0.15) is 11.4 Å². The highest BCUT2D eigenvalue weighted by Gasteiger charge is 2.24. The van der Waals surface area contributed by atoms with Crippen molar-refractivity contribution in [2.24, 2.45) is 0 Å². The molecule has 3 rings (SSSR count). The fourth-order valence-corrected chi connectivity index (χ4v) is 3.34. The zero-order chi connectivity index (χ0) is 19.8. The fraction of sp³-hybridized carbons (Fsp3) is 0.381. The van der Waals surface area contributed by atoms with E-state index < -0.39 is 0 Å². The van der Waals surface area contributed by atoms with E-state index in [1.807, 2.05) is 24.3 Å². The van der Waals surface area contributed by atoms with Gasteiger partial charge < -0.3 is 15.0 Å². The second-order valence-corrected chi connectivity index (χ2v) is 7.14. The molecule has 1 aromatic heterocycles. The van der Waals surface area contributed by atoms with Crippen molar-refractivity contribution in [1.82, 2.24) is 15.2 Å². The van der Waals surface area contributed by atoms with Crippen LogP contribution in [0, 0.1) is 0 Å². The lowest BCUT2D eigenvalue weighted by Crippen LogP contribution is -2.46. The Kier molecular flexibility index (Phi) is 7.25. The van der Waals surface area contributed by atoms with Gasteiger partial charge in [-0.15, -0.1) is 0 Å². The molecule has 1 fully saturated rings. The van der Waals surface area contributed by atoms with E-state index in [2.05, 4.69) is 10.3 Å². The molecule has 0 radical (unpaired) electrons. The molecular formula is C21H24ClN3O3. The third kappa shape index (κ3) is 5.70. The molecule has 1 aromatic carbocycles. The van der Waals surface area contributed by atoms with Crippen LogP contribution in [0.15, 0.2) is 48.7 Å². The van der Waals surface area contributed by atoms with Crippen molar-refractivity contribution in [2.75, 3.05) is 19.7 Å². The van der Waals surface area contributed by atoms with Crippen LogP contribution in [0.1, 0.15) is 36.2 Å². The lowest BCUT2D eigenvalue weighted by Gasteiger charge is -2.32. The summed E-state index contributed by atoms with van der Waals surface area (Å²) in [6.45, 7) is 1.68. The molecule has 7 heteroatoms. The highest BCUT2D eigenvalue weighted by atomic mass is 35.5. The molecular weight excluding hydrogens is 378 g/mol.